The molecule has 1 nitrogen and oxygen atoms in total. The van der Waals surface area contributed by atoms with E-state index in [9.17, 15) is 4.39 Å². The lowest BCUT2D eigenvalue weighted by molar-refractivity contribution is 0.594. The minimum absolute atomic E-state index is 0.0666. The van der Waals surface area contributed by atoms with E-state index in [4.69, 9.17) is 17.3 Å². The van der Waals surface area contributed by atoms with Gasteiger partial charge in [-0.25, -0.2) is 4.39 Å². The molecule has 0 bridgehead atoms. The molecule has 0 aromatic heterocycles. The van der Waals surface area contributed by atoms with Crippen molar-refractivity contribution in [3.05, 3.63) is 34.6 Å². The molecule has 0 radical (unpaired) electrons. The average molecular weight is 214 g/mol. The van der Waals surface area contributed by atoms with E-state index in [0.29, 0.717) is 5.02 Å². The molecule has 0 aliphatic heterocycles. The van der Waals surface area contributed by atoms with Crippen LogP contribution in [0, 0.1) is 11.2 Å². The highest BCUT2D eigenvalue weighted by atomic mass is 35.5. The fourth-order valence-electron chi connectivity index (χ4n) is 2.07. The molecular weight excluding hydrogens is 201 g/mol. The number of hydrogen-bond donors (Lipinski definition) is 1. The molecular formula is C11H13ClFN. The fraction of sp³-hybridized carbons (Fsp3) is 0.455. The molecule has 76 valence electrons. The number of halogens is 2. The average Bonchev–Trinajstić information content (AvgIpc) is 2.48. The lowest BCUT2D eigenvalue weighted by atomic mass is 10.0. The third-order valence-electron chi connectivity index (χ3n) is 3.15. The summed E-state index contributed by atoms with van der Waals surface area (Å²) in [5.41, 5.74) is 6.89. The third-order valence-corrected chi connectivity index (χ3v) is 3.37. The zero-order valence-electron chi connectivity index (χ0n) is 8.22. The van der Waals surface area contributed by atoms with Gasteiger partial charge in [0.1, 0.15) is 5.82 Å². The summed E-state index contributed by atoms with van der Waals surface area (Å²) < 4.78 is 13.1. The Kier molecular flexibility index (Phi) is 2.09. The van der Waals surface area contributed by atoms with Gasteiger partial charge in [-0.2, -0.15) is 0 Å². The van der Waals surface area contributed by atoms with Crippen LogP contribution in [0.3, 0.4) is 0 Å². The van der Waals surface area contributed by atoms with Crippen LogP contribution in [0.15, 0.2) is 18.2 Å². The maximum atomic E-state index is 13.1. The van der Waals surface area contributed by atoms with Crippen molar-refractivity contribution in [3.8, 4) is 0 Å². The zero-order valence-corrected chi connectivity index (χ0v) is 8.98. The molecule has 3 heteroatoms. The largest absolute Gasteiger partial charge is 0.327 e. The van der Waals surface area contributed by atoms with Crippen molar-refractivity contribution < 1.29 is 4.39 Å². The first-order chi connectivity index (χ1) is 6.43. The maximum Gasteiger partial charge on any atom is 0.124 e. The van der Waals surface area contributed by atoms with Crippen LogP contribution in [0.2, 0.25) is 5.02 Å². The van der Waals surface area contributed by atoms with Crippen LogP contribution in [-0.4, -0.2) is 6.04 Å². The Morgan fingerprint density at radius 2 is 1.93 bits per heavy atom. The Morgan fingerprint density at radius 3 is 2.36 bits per heavy atom. The molecule has 1 saturated carbocycles. The second-order valence-corrected chi connectivity index (χ2v) is 4.96. The van der Waals surface area contributed by atoms with Gasteiger partial charge in [0.2, 0.25) is 0 Å². The first-order valence-electron chi connectivity index (χ1n) is 4.64. The van der Waals surface area contributed by atoms with Crippen molar-refractivity contribution in [3.63, 3.8) is 0 Å². The van der Waals surface area contributed by atoms with Crippen molar-refractivity contribution in [2.45, 2.75) is 25.8 Å². The van der Waals surface area contributed by atoms with E-state index < -0.39 is 0 Å². The number of hydrogen-bond acceptors (Lipinski definition) is 1. The van der Waals surface area contributed by atoms with Gasteiger partial charge in [-0.3, -0.25) is 0 Å². The summed E-state index contributed by atoms with van der Waals surface area (Å²) in [5.74, 6) is -0.0573. The van der Waals surface area contributed by atoms with Gasteiger partial charge in [-0.05, 0) is 29.2 Å². The molecule has 1 fully saturated rings. The Morgan fingerprint density at radius 1 is 1.36 bits per heavy atom. The smallest absolute Gasteiger partial charge is 0.124 e. The highest BCUT2D eigenvalue weighted by molar-refractivity contribution is 6.30. The Balaban J connectivity index is 2.35. The Bertz CT molecular complexity index is 355. The van der Waals surface area contributed by atoms with E-state index >= 15 is 0 Å². The summed E-state index contributed by atoms with van der Waals surface area (Å²) in [4.78, 5) is 0. The van der Waals surface area contributed by atoms with E-state index in [2.05, 4.69) is 13.8 Å². The molecule has 1 aromatic carbocycles. The molecule has 2 N–H and O–H groups in total. The van der Waals surface area contributed by atoms with Gasteiger partial charge in [0.25, 0.3) is 0 Å². The minimum atomic E-state index is -0.289. The van der Waals surface area contributed by atoms with Gasteiger partial charge in [-0.15, -0.1) is 0 Å². The molecule has 1 aliphatic rings. The predicted octanol–water partition coefficient (Wildman–Crippen LogP) is 2.93. The zero-order chi connectivity index (χ0) is 10.5. The second-order valence-electron chi connectivity index (χ2n) is 4.53. The fourth-order valence-corrected chi connectivity index (χ4v) is 2.30. The molecule has 1 aliphatic carbocycles. The van der Waals surface area contributed by atoms with Crippen LogP contribution in [0.1, 0.15) is 25.3 Å². The van der Waals surface area contributed by atoms with Crippen molar-refractivity contribution in [2.75, 3.05) is 0 Å². The second kappa shape index (κ2) is 2.94. The van der Waals surface area contributed by atoms with Gasteiger partial charge in [-0.1, -0.05) is 25.4 Å². The molecule has 0 amide bonds. The van der Waals surface area contributed by atoms with Crippen LogP contribution >= 0.6 is 11.6 Å². The number of nitrogens with two attached hydrogens (primary N) is 1. The molecule has 0 saturated heterocycles. The van der Waals surface area contributed by atoms with Crippen LogP contribution in [0.4, 0.5) is 4.39 Å². The van der Waals surface area contributed by atoms with Crippen LogP contribution < -0.4 is 5.73 Å². The van der Waals surface area contributed by atoms with Gasteiger partial charge in [0, 0.05) is 17.0 Å². The first-order valence-corrected chi connectivity index (χ1v) is 5.02. The monoisotopic (exact) mass is 213 g/mol. The summed E-state index contributed by atoms with van der Waals surface area (Å²) in [6, 6.07) is 4.74. The molecule has 2 atom stereocenters. The van der Waals surface area contributed by atoms with Gasteiger partial charge >= 0.3 is 0 Å². The first kappa shape index (κ1) is 9.94. The topological polar surface area (TPSA) is 26.0 Å². The Labute approximate surface area is 88.1 Å². The summed E-state index contributed by atoms with van der Waals surface area (Å²) >= 11 is 5.78. The minimum Gasteiger partial charge on any atom is -0.327 e. The maximum absolute atomic E-state index is 13.1. The standard InChI is InChI=1S/C11H13ClFN/c1-11(2)9(10(11)14)6-3-7(12)5-8(13)4-6/h3-5,9-10H,14H2,1-2H3. The number of rotatable bonds is 1. The molecule has 2 rings (SSSR count). The van der Waals surface area contributed by atoms with E-state index in [1.165, 1.54) is 12.1 Å². The number of benzene rings is 1. The van der Waals surface area contributed by atoms with E-state index in [1.54, 1.807) is 6.07 Å². The molecule has 14 heavy (non-hydrogen) atoms. The summed E-state index contributed by atoms with van der Waals surface area (Å²) in [7, 11) is 0. The van der Waals surface area contributed by atoms with E-state index in [1.807, 2.05) is 0 Å². The lowest BCUT2D eigenvalue weighted by Gasteiger charge is -2.03. The normalized spacial score (nSPS) is 28.9. The molecule has 0 spiro atoms. The Hall–Kier alpha value is -0.600. The quantitative estimate of drug-likeness (QED) is 0.763. The lowest BCUT2D eigenvalue weighted by Crippen LogP contribution is -2.06. The highest BCUT2D eigenvalue weighted by Gasteiger charge is 2.56. The summed E-state index contributed by atoms with van der Waals surface area (Å²) in [6.45, 7) is 4.17. The highest BCUT2D eigenvalue weighted by Crippen LogP contribution is 2.57. The molecule has 1 aromatic rings. The van der Waals surface area contributed by atoms with Crippen molar-refractivity contribution in [1.82, 2.24) is 0 Å². The van der Waals surface area contributed by atoms with Gasteiger partial charge < -0.3 is 5.73 Å². The molecule has 2 unspecified atom stereocenters. The summed E-state index contributed by atoms with van der Waals surface area (Å²) in [6.07, 6.45) is 0. The van der Waals surface area contributed by atoms with E-state index in [0.717, 1.165) is 5.56 Å². The van der Waals surface area contributed by atoms with Crippen molar-refractivity contribution in [1.29, 1.82) is 0 Å². The van der Waals surface area contributed by atoms with Crippen molar-refractivity contribution in [2.24, 2.45) is 11.1 Å². The van der Waals surface area contributed by atoms with Crippen LogP contribution in [0.5, 0.6) is 0 Å². The van der Waals surface area contributed by atoms with Crippen molar-refractivity contribution >= 4 is 11.6 Å². The van der Waals surface area contributed by atoms with Crippen LogP contribution in [-0.2, 0) is 0 Å². The molecule has 0 heterocycles. The van der Waals surface area contributed by atoms with E-state index in [-0.39, 0.29) is 23.2 Å². The third kappa shape index (κ3) is 1.43. The van der Waals surface area contributed by atoms with Gasteiger partial charge in [0.05, 0.1) is 0 Å². The summed E-state index contributed by atoms with van der Waals surface area (Å²) in [5, 5.41) is 0.440. The SMILES string of the molecule is CC1(C)C(N)C1c1cc(F)cc(Cl)c1. The predicted molar refractivity (Wildman–Crippen MR) is 55.9 cm³/mol. The van der Waals surface area contributed by atoms with Gasteiger partial charge in [0.15, 0.2) is 0 Å². The van der Waals surface area contributed by atoms with Crippen LogP contribution in [0.25, 0.3) is 0 Å².